The van der Waals surface area contributed by atoms with Crippen LogP contribution in [0.3, 0.4) is 0 Å². The van der Waals surface area contributed by atoms with Gasteiger partial charge in [0.2, 0.25) is 0 Å². The first-order chi connectivity index (χ1) is 18.6. The Labute approximate surface area is 228 Å². The molecule has 5 nitrogen and oxygen atoms in total. The second-order valence-electron chi connectivity index (χ2n) is 9.96. The van der Waals surface area contributed by atoms with Crippen LogP contribution < -0.4 is 4.74 Å². The first-order valence-corrected chi connectivity index (χ1v) is 13.5. The maximum Gasteiger partial charge on any atom is 0.254 e. The highest BCUT2D eigenvalue weighted by Crippen LogP contribution is 2.60. The van der Waals surface area contributed by atoms with Crippen LogP contribution in [0, 0.1) is 11.8 Å². The van der Waals surface area contributed by atoms with Crippen molar-refractivity contribution in [1.82, 2.24) is 5.01 Å². The summed E-state index contributed by atoms with van der Waals surface area (Å²) in [5, 5.41) is 5.51. The van der Waals surface area contributed by atoms with Crippen molar-refractivity contribution in [2.45, 2.75) is 18.4 Å². The smallest absolute Gasteiger partial charge is 0.254 e. The number of benzene rings is 4. The molecule has 186 valence electrons. The lowest BCUT2D eigenvalue weighted by Crippen LogP contribution is -2.41. The fraction of sp³-hybridized carbons (Fsp3) is 0.156. The van der Waals surface area contributed by atoms with Crippen LogP contribution >= 0.6 is 15.9 Å². The minimum absolute atomic E-state index is 0.135. The molecule has 2 atom stereocenters. The minimum atomic E-state index is -0.435. The van der Waals surface area contributed by atoms with E-state index in [-0.39, 0.29) is 23.7 Å². The van der Waals surface area contributed by atoms with E-state index in [4.69, 9.17) is 4.74 Å². The van der Waals surface area contributed by atoms with Crippen LogP contribution in [0.15, 0.2) is 107 Å². The quantitative estimate of drug-likeness (QED) is 0.213. The van der Waals surface area contributed by atoms with Gasteiger partial charge in [-0.2, -0.15) is 10.1 Å². The van der Waals surface area contributed by atoms with Gasteiger partial charge in [-0.3, -0.25) is 9.59 Å². The van der Waals surface area contributed by atoms with Gasteiger partial charge in [0.1, 0.15) is 12.4 Å². The zero-order valence-electron chi connectivity index (χ0n) is 20.3. The Kier molecular flexibility index (Phi) is 5.51. The maximum absolute atomic E-state index is 13.7. The highest BCUT2D eigenvalue weighted by Gasteiger charge is 2.61. The van der Waals surface area contributed by atoms with E-state index in [1.165, 1.54) is 0 Å². The third-order valence-electron chi connectivity index (χ3n) is 7.94. The molecule has 38 heavy (non-hydrogen) atoms. The number of hydrogen-bond acceptors (Lipinski definition) is 4. The molecule has 6 heteroatoms. The monoisotopic (exact) mass is 562 g/mol. The van der Waals surface area contributed by atoms with Gasteiger partial charge in [0.25, 0.3) is 11.8 Å². The van der Waals surface area contributed by atoms with Crippen LogP contribution in [-0.4, -0.2) is 23.0 Å². The minimum Gasteiger partial charge on any atom is -0.488 e. The number of imide groups is 1. The van der Waals surface area contributed by atoms with Crippen molar-refractivity contribution in [1.29, 1.82) is 0 Å². The lowest BCUT2D eigenvalue weighted by molar-refractivity contribution is -0.139. The van der Waals surface area contributed by atoms with Gasteiger partial charge in [0, 0.05) is 11.8 Å². The summed E-state index contributed by atoms with van der Waals surface area (Å²) in [4.78, 5) is 27.4. The number of carbonyl (C=O) groups excluding carboxylic acids is 2. The summed E-state index contributed by atoms with van der Waals surface area (Å²) >= 11 is 3.57. The Morgan fingerprint density at radius 3 is 1.79 bits per heavy atom. The molecular weight excluding hydrogens is 540 g/mol. The summed E-state index contributed by atoms with van der Waals surface area (Å²) in [5.74, 6) is -0.884. The van der Waals surface area contributed by atoms with Crippen LogP contribution in [0.25, 0.3) is 0 Å². The van der Waals surface area contributed by atoms with E-state index in [0.29, 0.717) is 12.4 Å². The zero-order valence-corrected chi connectivity index (χ0v) is 21.9. The molecule has 4 aromatic carbocycles. The third-order valence-corrected chi connectivity index (χ3v) is 8.56. The molecule has 1 fully saturated rings. The van der Waals surface area contributed by atoms with Gasteiger partial charge in [0.05, 0.1) is 22.5 Å². The molecule has 1 heterocycles. The number of amides is 2. The van der Waals surface area contributed by atoms with Crippen molar-refractivity contribution >= 4 is 34.0 Å². The van der Waals surface area contributed by atoms with Crippen molar-refractivity contribution < 1.29 is 14.3 Å². The van der Waals surface area contributed by atoms with E-state index in [1.54, 1.807) is 6.21 Å². The van der Waals surface area contributed by atoms with E-state index in [0.717, 1.165) is 42.9 Å². The second kappa shape index (κ2) is 9.07. The number of nitrogens with zero attached hydrogens (tertiary/aromatic N) is 2. The summed E-state index contributed by atoms with van der Waals surface area (Å²) in [6.45, 7) is 0.458. The van der Waals surface area contributed by atoms with Gasteiger partial charge in [-0.15, -0.1) is 0 Å². The van der Waals surface area contributed by atoms with Crippen molar-refractivity contribution in [2.75, 3.05) is 0 Å². The van der Waals surface area contributed by atoms with E-state index in [2.05, 4.69) is 45.3 Å². The SMILES string of the molecule is O=C1[C@@H]2C3c4ccccc4C(c4ccccc43)[C@H]2C(=O)N1/N=C\c1ccc(OCc2ccccc2)c(Br)c1. The van der Waals surface area contributed by atoms with Crippen LogP contribution in [-0.2, 0) is 16.2 Å². The van der Waals surface area contributed by atoms with Gasteiger partial charge in [-0.1, -0.05) is 78.9 Å². The molecule has 1 aliphatic heterocycles. The van der Waals surface area contributed by atoms with Gasteiger partial charge in [-0.05, 0) is 67.5 Å². The zero-order chi connectivity index (χ0) is 25.8. The molecule has 0 saturated carbocycles. The maximum atomic E-state index is 13.7. The molecule has 8 rings (SSSR count). The average Bonchev–Trinajstić information content (AvgIpc) is 3.21. The number of carbonyl (C=O) groups is 2. The summed E-state index contributed by atoms with van der Waals surface area (Å²) in [5.41, 5.74) is 6.45. The predicted molar refractivity (Wildman–Crippen MR) is 148 cm³/mol. The average molecular weight is 563 g/mol. The van der Waals surface area contributed by atoms with Crippen molar-refractivity contribution in [3.05, 3.63) is 135 Å². The Bertz CT molecular complexity index is 1500. The number of ether oxygens (including phenoxy) is 1. The Morgan fingerprint density at radius 2 is 1.26 bits per heavy atom. The van der Waals surface area contributed by atoms with E-state index in [9.17, 15) is 9.59 Å². The second-order valence-corrected chi connectivity index (χ2v) is 10.8. The standard InChI is InChI=1S/C32H23BrN2O3/c33-25-16-20(14-15-26(25)38-18-19-8-2-1-3-9-19)17-34-35-31(36)29-27-21-10-4-5-11-22(21)28(30(29)32(35)37)24-13-7-6-12-23(24)27/h1-17,27-30H,18H2/b34-17-/t27?,28?,29-,30-/m1/s1. The van der Waals surface area contributed by atoms with Crippen LogP contribution in [0.4, 0.5) is 0 Å². The molecule has 0 radical (unpaired) electrons. The number of rotatable bonds is 5. The molecular formula is C32H23BrN2O3. The molecule has 3 aliphatic carbocycles. The summed E-state index contributed by atoms with van der Waals surface area (Å²) in [7, 11) is 0. The molecule has 0 N–H and O–H groups in total. The molecule has 4 aliphatic rings. The molecule has 2 amide bonds. The Morgan fingerprint density at radius 1 is 0.737 bits per heavy atom. The van der Waals surface area contributed by atoms with E-state index < -0.39 is 11.8 Å². The van der Waals surface area contributed by atoms with Gasteiger partial charge >= 0.3 is 0 Å². The van der Waals surface area contributed by atoms with Crippen molar-refractivity contribution in [2.24, 2.45) is 16.9 Å². The van der Waals surface area contributed by atoms with Gasteiger partial charge in [-0.25, -0.2) is 0 Å². The van der Waals surface area contributed by atoms with E-state index >= 15 is 0 Å². The Hall–Kier alpha value is -4.03. The molecule has 0 unspecified atom stereocenters. The van der Waals surface area contributed by atoms with Crippen molar-refractivity contribution in [3.63, 3.8) is 0 Å². The van der Waals surface area contributed by atoms with E-state index in [1.807, 2.05) is 72.8 Å². The lowest BCUT2D eigenvalue weighted by Gasteiger charge is -2.45. The Balaban J connectivity index is 1.16. The first-order valence-electron chi connectivity index (χ1n) is 12.7. The number of hydrogen-bond donors (Lipinski definition) is 0. The number of hydrazone groups is 1. The molecule has 1 saturated heterocycles. The topological polar surface area (TPSA) is 59.0 Å². The fourth-order valence-electron chi connectivity index (χ4n) is 6.35. The highest BCUT2D eigenvalue weighted by atomic mass is 79.9. The normalized spacial score (nSPS) is 22.9. The summed E-state index contributed by atoms with van der Waals surface area (Å²) in [6, 6.07) is 32.0. The summed E-state index contributed by atoms with van der Waals surface area (Å²) < 4.78 is 6.71. The van der Waals surface area contributed by atoms with Crippen LogP contribution in [0.5, 0.6) is 5.75 Å². The largest absolute Gasteiger partial charge is 0.488 e. The summed E-state index contributed by atoms with van der Waals surface area (Å²) in [6.07, 6.45) is 1.57. The van der Waals surface area contributed by atoms with Gasteiger partial charge < -0.3 is 4.74 Å². The molecule has 0 aromatic heterocycles. The number of halogens is 1. The van der Waals surface area contributed by atoms with Gasteiger partial charge in [0.15, 0.2) is 0 Å². The molecule has 2 bridgehead atoms. The van der Waals surface area contributed by atoms with Crippen molar-refractivity contribution in [3.8, 4) is 5.75 Å². The fourth-order valence-corrected chi connectivity index (χ4v) is 6.86. The molecule has 0 spiro atoms. The van der Waals surface area contributed by atoms with Crippen LogP contribution in [0.1, 0.15) is 45.2 Å². The first kappa shape index (κ1) is 23.1. The molecule has 4 aromatic rings. The third kappa shape index (κ3) is 3.55. The lowest BCUT2D eigenvalue weighted by atomic mass is 9.55. The van der Waals surface area contributed by atoms with Crippen LogP contribution in [0.2, 0.25) is 0 Å². The highest BCUT2D eigenvalue weighted by molar-refractivity contribution is 9.10. The predicted octanol–water partition coefficient (Wildman–Crippen LogP) is 6.25.